The van der Waals surface area contributed by atoms with Gasteiger partial charge in [-0.15, -0.1) is 0 Å². The third-order valence-corrected chi connectivity index (χ3v) is 1.57. The van der Waals surface area contributed by atoms with E-state index in [1.807, 2.05) is 6.92 Å². The molecule has 0 fully saturated rings. The molecule has 2 amide bonds. The van der Waals surface area contributed by atoms with Crippen LogP contribution in [-0.2, 0) is 14.4 Å². The minimum atomic E-state index is -1.38. The van der Waals surface area contributed by atoms with Crippen molar-refractivity contribution in [1.82, 2.24) is 5.32 Å². The van der Waals surface area contributed by atoms with Crippen LogP contribution in [0.4, 0.5) is 0 Å². The Balaban J connectivity index is 4.26. The Labute approximate surface area is 81.5 Å². The van der Waals surface area contributed by atoms with E-state index in [0.717, 1.165) is 0 Å². The highest BCUT2D eigenvalue weighted by atomic mass is 16.4. The lowest BCUT2D eigenvalue weighted by Crippen LogP contribution is -2.38. The van der Waals surface area contributed by atoms with Gasteiger partial charge in [0.15, 0.2) is 0 Å². The van der Waals surface area contributed by atoms with Gasteiger partial charge >= 0.3 is 5.97 Å². The molecule has 1 unspecified atom stereocenters. The molecule has 0 spiro atoms. The fourth-order valence-electron chi connectivity index (χ4n) is 0.865. The molecule has 0 saturated heterocycles. The average molecular weight is 202 g/mol. The molecular weight excluding hydrogens is 188 g/mol. The highest BCUT2D eigenvalue weighted by molar-refractivity contribution is 6.00. The number of nitrogens with two attached hydrogens (primary N) is 1. The first-order chi connectivity index (χ1) is 6.49. The molecule has 0 saturated carbocycles. The number of aliphatic carboxylic acids is 1. The summed E-state index contributed by atoms with van der Waals surface area (Å²) in [6.07, 6.45) is 0.236. The van der Waals surface area contributed by atoms with Crippen LogP contribution in [0.2, 0.25) is 0 Å². The summed E-state index contributed by atoms with van der Waals surface area (Å²) >= 11 is 0. The molecule has 4 N–H and O–H groups in total. The molecule has 0 aromatic carbocycles. The zero-order chi connectivity index (χ0) is 11.1. The number of nitrogens with one attached hydrogen (secondary N) is 1. The molecule has 0 rings (SSSR count). The largest absolute Gasteiger partial charge is 0.481 e. The van der Waals surface area contributed by atoms with Crippen molar-refractivity contribution in [1.29, 1.82) is 0 Å². The molecule has 0 heterocycles. The van der Waals surface area contributed by atoms with Crippen molar-refractivity contribution in [2.24, 2.45) is 11.7 Å². The summed E-state index contributed by atoms with van der Waals surface area (Å²) in [6, 6.07) is 0. The number of amides is 2. The maximum Gasteiger partial charge on any atom is 0.316 e. The molecule has 0 radical (unpaired) electrons. The topological polar surface area (TPSA) is 109 Å². The van der Waals surface area contributed by atoms with Crippen LogP contribution in [0, 0.1) is 5.92 Å². The molecule has 1 atom stereocenters. The van der Waals surface area contributed by atoms with Crippen LogP contribution >= 0.6 is 0 Å². The summed E-state index contributed by atoms with van der Waals surface area (Å²) in [4.78, 5) is 32.2. The van der Waals surface area contributed by atoms with E-state index in [4.69, 9.17) is 10.8 Å². The predicted molar refractivity (Wildman–Crippen MR) is 48.2 cm³/mol. The quantitative estimate of drug-likeness (QED) is 0.484. The highest BCUT2D eigenvalue weighted by Gasteiger charge is 2.27. The molecule has 0 aliphatic heterocycles. The van der Waals surface area contributed by atoms with Gasteiger partial charge in [0.2, 0.25) is 11.8 Å². The molecule has 6 heteroatoms. The smallest absolute Gasteiger partial charge is 0.316 e. The lowest BCUT2D eigenvalue weighted by molar-refractivity contribution is -0.149. The molecule has 80 valence electrons. The molecular formula is C8H14N2O4. The number of carboxylic acids is 1. The van der Waals surface area contributed by atoms with Gasteiger partial charge in [-0.3, -0.25) is 14.4 Å². The Kier molecular flexibility index (Phi) is 5.28. The predicted octanol–water partition coefficient (Wildman–Crippen LogP) is -0.911. The van der Waals surface area contributed by atoms with Crippen LogP contribution in [0.5, 0.6) is 0 Å². The minimum absolute atomic E-state index is 0.390. The van der Waals surface area contributed by atoms with Crippen LogP contribution in [0.3, 0.4) is 0 Å². The molecule has 0 bridgehead atoms. The van der Waals surface area contributed by atoms with Gasteiger partial charge < -0.3 is 16.2 Å². The van der Waals surface area contributed by atoms with Crippen LogP contribution in [0.1, 0.15) is 19.8 Å². The number of rotatable bonds is 6. The summed E-state index contributed by atoms with van der Waals surface area (Å²) in [7, 11) is 0. The molecule has 0 aromatic rings. The SMILES string of the molecule is CCCNC(=O)C(CC(N)=O)C(=O)O. The summed E-state index contributed by atoms with van der Waals surface area (Å²) in [6.45, 7) is 2.23. The van der Waals surface area contributed by atoms with Gasteiger partial charge in [0.05, 0.1) is 0 Å². The van der Waals surface area contributed by atoms with Crippen molar-refractivity contribution in [2.75, 3.05) is 6.54 Å². The summed E-state index contributed by atoms with van der Waals surface area (Å²) in [5, 5.41) is 11.0. The van der Waals surface area contributed by atoms with Crippen molar-refractivity contribution in [3.05, 3.63) is 0 Å². The van der Waals surface area contributed by atoms with Gasteiger partial charge in [0, 0.05) is 13.0 Å². The van der Waals surface area contributed by atoms with Crippen molar-refractivity contribution >= 4 is 17.8 Å². The Hall–Kier alpha value is -1.59. The maximum atomic E-state index is 11.2. The minimum Gasteiger partial charge on any atom is -0.481 e. The Morgan fingerprint density at radius 3 is 2.36 bits per heavy atom. The average Bonchev–Trinajstić information content (AvgIpc) is 2.09. The Morgan fingerprint density at radius 2 is 2.00 bits per heavy atom. The molecule has 14 heavy (non-hydrogen) atoms. The van der Waals surface area contributed by atoms with E-state index in [0.29, 0.717) is 13.0 Å². The molecule has 0 aromatic heterocycles. The number of hydrogen-bond donors (Lipinski definition) is 3. The first-order valence-corrected chi connectivity index (χ1v) is 4.27. The monoisotopic (exact) mass is 202 g/mol. The van der Waals surface area contributed by atoms with E-state index >= 15 is 0 Å². The van der Waals surface area contributed by atoms with E-state index in [1.165, 1.54) is 0 Å². The number of carbonyl (C=O) groups excluding carboxylic acids is 2. The lowest BCUT2D eigenvalue weighted by atomic mass is 10.0. The maximum absolute atomic E-state index is 11.2. The summed E-state index contributed by atoms with van der Waals surface area (Å²) < 4.78 is 0. The lowest BCUT2D eigenvalue weighted by Gasteiger charge is -2.09. The second-order valence-corrected chi connectivity index (χ2v) is 2.85. The number of carbonyl (C=O) groups is 3. The Bertz CT molecular complexity index is 239. The zero-order valence-electron chi connectivity index (χ0n) is 7.95. The first-order valence-electron chi connectivity index (χ1n) is 4.27. The second-order valence-electron chi connectivity index (χ2n) is 2.85. The first kappa shape index (κ1) is 12.4. The number of primary amides is 1. The van der Waals surface area contributed by atoms with Gasteiger partial charge in [-0.2, -0.15) is 0 Å². The van der Waals surface area contributed by atoms with Crippen LogP contribution in [0.25, 0.3) is 0 Å². The number of hydrogen-bond acceptors (Lipinski definition) is 3. The fourth-order valence-corrected chi connectivity index (χ4v) is 0.865. The second kappa shape index (κ2) is 5.95. The normalized spacial score (nSPS) is 11.8. The van der Waals surface area contributed by atoms with E-state index < -0.39 is 30.1 Å². The van der Waals surface area contributed by atoms with Gasteiger partial charge in [-0.05, 0) is 6.42 Å². The third kappa shape index (κ3) is 4.44. The van der Waals surface area contributed by atoms with Gasteiger partial charge in [0.25, 0.3) is 0 Å². The van der Waals surface area contributed by atoms with Crippen molar-refractivity contribution in [2.45, 2.75) is 19.8 Å². The zero-order valence-corrected chi connectivity index (χ0v) is 7.95. The van der Waals surface area contributed by atoms with E-state index in [2.05, 4.69) is 5.32 Å². The standard InChI is InChI=1S/C8H14N2O4/c1-2-3-10-7(12)5(8(13)14)4-6(9)11/h5H,2-4H2,1H3,(H2,9,11)(H,10,12)(H,13,14). The molecule has 6 nitrogen and oxygen atoms in total. The van der Waals surface area contributed by atoms with Crippen molar-refractivity contribution in [3.63, 3.8) is 0 Å². The van der Waals surface area contributed by atoms with Gasteiger partial charge in [0.1, 0.15) is 5.92 Å². The fraction of sp³-hybridized carbons (Fsp3) is 0.625. The van der Waals surface area contributed by atoms with E-state index in [1.54, 1.807) is 0 Å². The van der Waals surface area contributed by atoms with Crippen LogP contribution in [0.15, 0.2) is 0 Å². The van der Waals surface area contributed by atoms with Gasteiger partial charge in [-0.1, -0.05) is 6.92 Å². The Morgan fingerprint density at radius 1 is 1.43 bits per heavy atom. The van der Waals surface area contributed by atoms with Gasteiger partial charge in [-0.25, -0.2) is 0 Å². The summed E-state index contributed by atoms with van der Waals surface area (Å²) in [5.74, 6) is -4.18. The number of carboxylic acid groups (broad SMARTS) is 1. The van der Waals surface area contributed by atoms with Crippen LogP contribution < -0.4 is 11.1 Å². The summed E-state index contributed by atoms with van der Waals surface area (Å²) in [5.41, 5.74) is 4.82. The van der Waals surface area contributed by atoms with Crippen molar-refractivity contribution < 1.29 is 19.5 Å². The molecule has 0 aliphatic carbocycles. The van der Waals surface area contributed by atoms with E-state index in [-0.39, 0.29) is 0 Å². The highest BCUT2D eigenvalue weighted by Crippen LogP contribution is 2.02. The molecule has 0 aliphatic rings. The van der Waals surface area contributed by atoms with Crippen molar-refractivity contribution in [3.8, 4) is 0 Å². The third-order valence-electron chi connectivity index (χ3n) is 1.57. The van der Waals surface area contributed by atoms with E-state index in [9.17, 15) is 14.4 Å². The van der Waals surface area contributed by atoms with Crippen LogP contribution in [-0.4, -0.2) is 29.4 Å².